The Morgan fingerprint density at radius 3 is 2.73 bits per heavy atom. The molecule has 0 aliphatic carbocycles. The van der Waals surface area contributed by atoms with Crippen LogP contribution in [0.25, 0.3) is 0 Å². The number of benzene rings is 1. The van der Waals surface area contributed by atoms with E-state index >= 15 is 0 Å². The predicted octanol–water partition coefficient (Wildman–Crippen LogP) is 3.23. The lowest BCUT2D eigenvalue weighted by molar-refractivity contribution is 0.715. The largest absolute Gasteiger partial charge is 0.320 e. The number of nitrogens with one attached hydrogen (secondary N) is 1. The molecule has 0 saturated carbocycles. The maximum atomic E-state index is 3.18. The maximum Gasteiger partial charge on any atom is 0.0187 e. The van der Waals surface area contributed by atoms with Gasteiger partial charge < -0.3 is 5.32 Å². The summed E-state index contributed by atoms with van der Waals surface area (Å²) in [4.78, 5) is 0. The van der Waals surface area contributed by atoms with Gasteiger partial charge in [-0.3, -0.25) is 0 Å². The Bertz CT molecular complexity index is 273. The summed E-state index contributed by atoms with van der Waals surface area (Å²) >= 11 is 2.04. The normalized spacial score (nSPS) is 10.5. The predicted molar refractivity (Wildman–Crippen MR) is 70.5 cm³/mol. The van der Waals surface area contributed by atoms with Crippen LogP contribution < -0.4 is 5.32 Å². The molecule has 1 N–H and O–H groups in total. The summed E-state index contributed by atoms with van der Waals surface area (Å²) in [7, 11) is 2.01. The maximum absolute atomic E-state index is 3.18. The Kier molecular flexibility index (Phi) is 6.53. The molecule has 0 aromatic heterocycles. The first kappa shape index (κ1) is 12.6. The van der Waals surface area contributed by atoms with Gasteiger partial charge in [-0.25, -0.2) is 0 Å². The zero-order valence-electron chi connectivity index (χ0n) is 9.75. The summed E-state index contributed by atoms with van der Waals surface area (Å²) in [6.45, 7) is 3.34. The van der Waals surface area contributed by atoms with Gasteiger partial charge in [0.2, 0.25) is 0 Å². The van der Waals surface area contributed by atoms with E-state index in [0.29, 0.717) is 0 Å². The first-order valence-electron chi connectivity index (χ1n) is 5.61. The monoisotopic (exact) mass is 223 g/mol. The van der Waals surface area contributed by atoms with Crippen LogP contribution in [0.4, 0.5) is 0 Å². The van der Waals surface area contributed by atoms with Gasteiger partial charge in [0.15, 0.2) is 0 Å². The molecule has 0 radical (unpaired) electrons. The SMILES string of the molecule is CNCCCCSCc1ccccc1C. The molecule has 0 aliphatic heterocycles. The summed E-state index contributed by atoms with van der Waals surface area (Å²) in [6.07, 6.45) is 2.61. The van der Waals surface area contributed by atoms with Crippen molar-refractivity contribution in [1.82, 2.24) is 5.32 Å². The van der Waals surface area contributed by atoms with Crippen LogP contribution in [0, 0.1) is 6.92 Å². The molecular weight excluding hydrogens is 202 g/mol. The van der Waals surface area contributed by atoms with E-state index in [4.69, 9.17) is 0 Å². The molecule has 0 bridgehead atoms. The third-order valence-corrected chi connectivity index (χ3v) is 3.58. The van der Waals surface area contributed by atoms with Crippen LogP contribution >= 0.6 is 11.8 Å². The number of hydrogen-bond donors (Lipinski definition) is 1. The Labute approximate surface area is 97.7 Å². The first-order chi connectivity index (χ1) is 7.34. The standard InChI is InChI=1S/C13H21NS/c1-12-7-3-4-8-13(12)11-15-10-6-5-9-14-2/h3-4,7-8,14H,5-6,9-11H2,1-2H3. The molecule has 1 nitrogen and oxygen atoms in total. The lowest BCUT2D eigenvalue weighted by Gasteiger charge is -2.05. The fourth-order valence-corrected chi connectivity index (χ4v) is 2.56. The zero-order chi connectivity index (χ0) is 10.9. The van der Waals surface area contributed by atoms with Crippen molar-refractivity contribution in [2.45, 2.75) is 25.5 Å². The zero-order valence-corrected chi connectivity index (χ0v) is 10.6. The van der Waals surface area contributed by atoms with E-state index in [1.807, 2.05) is 18.8 Å². The second kappa shape index (κ2) is 7.77. The van der Waals surface area contributed by atoms with Crippen LogP contribution in [0.3, 0.4) is 0 Å². The molecule has 1 aromatic carbocycles. The molecule has 0 amide bonds. The van der Waals surface area contributed by atoms with Gasteiger partial charge >= 0.3 is 0 Å². The Morgan fingerprint density at radius 2 is 2.00 bits per heavy atom. The molecule has 0 unspecified atom stereocenters. The van der Waals surface area contributed by atoms with Crippen molar-refractivity contribution < 1.29 is 0 Å². The Hall–Kier alpha value is -0.470. The van der Waals surface area contributed by atoms with Crippen molar-refractivity contribution in [1.29, 1.82) is 0 Å². The molecule has 15 heavy (non-hydrogen) atoms. The molecule has 84 valence electrons. The highest BCUT2D eigenvalue weighted by Crippen LogP contribution is 2.16. The fourth-order valence-electron chi connectivity index (χ4n) is 1.46. The van der Waals surface area contributed by atoms with Crippen LogP contribution in [0.2, 0.25) is 0 Å². The van der Waals surface area contributed by atoms with Gasteiger partial charge in [0.1, 0.15) is 0 Å². The number of rotatable bonds is 7. The topological polar surface area (TPSA) is 12.0 Å². The van der Waals surface area contributed by atoms with Gasteiger partial charge in [0.05, 0.1) is 0 Å². The molecule has 1 aromatic rings. The van der Waals surface area contributed by atoms with E-state index in [1.165, 1.54) is 29.7 Å². The molecule has 0 saturated heterocycles. The minimum Gasteiger partial charge on any atom is -0.320 e. The summed E-state index contributed by atoms with van der Waals surface area (Å²) in [6, 6.07) is 8.66. The van der Waals surface area contributed by atoms with Crippen molar-refractivity contribution in [3.8, 4) is 0 Å². The average Bonchev–Trinajstić information content (AvgIpc) is 2.25. The van der Waals surface area contributed by atoms with Gasteiger partial charge in [-0.05, 0) is 50.2 Å². The number of aryl methyl sites for hydroxylation is 1. The van der Waals surface area contributed by atoms with Crippen molar-refractivity contribution in [2.24, 2.45) is 0 Å². The Balaban J connectivity index is 2.12. The smallest absolute Gasteiger partial charge is 0.0187 e. The average molecular weight is 223 g/mol. The van der Waals surface area contributed by atoms with Crippen molar-refractivity contribution in [3.63, 3.8) is 0 Å². The third kappa shape index (κ3) is 5.24. The summed E-state index contributed by atoms with van der Waals surface area (Å²) in [5, 5.41) is 3.18. The third-order valence-electron chi connectivity index (χ3n) is 2.48. The number of unbranched alkanes of at least 4 members (excludes halogenated alkanes) is 1. The van der Waals surface area contributed by atoms with E-state index in [0.717, 1.165) is 12.3 Å². The molecule has 0 spiro atoms. The van der Waals surface area contributed by atoms with Crippen LogP contribution in [0.5, 0.6) is 0 Å². The van der Waals surface area contributed by atoms with Crippen LogP contribution in [-0.2, 0) is 5.75 Å². The van der Waals surface area contributed by atoms with E-state index < -0.39 is 0 Å². The minimum absolute atomic E-state index is 1.14. The van der Waals surface area contributed by atoms with Crippen molar-refractivity contribution in [3.05, 3.63) is 35.4 Å². The van der Waals surface area contributed by atoms with Crippen LogP contribution in [0.15, 0.2) is 24.3 Å². The van der Waals surface area contributed by atoms with E-state index in [1.54, 1.807) is 0 Å². The number of thioether (sulfide) groups is 1. The van der Waals surface area contributed by atoms with Gasteiger partial charge in [0.25, 0.3) is 0 Å². The van der Waals surface area contributed by atoms with Gasteiger partial charge in [0, 0.05) is 5.75 Å². The molecule has 0 aliphatic rings. The van der Waals surface area contributed by atoms with Crippen LogP contribution in [0.1, 0.15) is 24.0 Å². The molecule has 2 heteroatoms. The minimum atomic E-state index is 1.14. The summed E-state index contributed by atoms with van der Waals surface area (Å²) in [5.74, 6) is 2.43. The molecule has 0 atom stereocenters. The molecule has 0 fully saturated rings. The van der Waals surface area contributed by atoms with Gasteiger partial charge in [-0.2, -0.15) is 11.8 Å². The molecule has 0 heterocycles. The molecular formula is C13H21NS. The number of hydrogen-bond acceptors (Lipinski definition) is 2. The van der Waals surface area contributed by atoms with Crippen LogP contribution in [-0.4, -0.2) is 19.3 Å². The van der Waals surface area contributed by atoms with Crippen molar-refractivity contribution >= 4 is 11.8 Å². The van der Waals surface area contributed by atoms with Gasteiger partial charge in [-0.1, -0.05) is 24.3 Å². The highest BCUT2D eigenvalue weighted by molar-refractivity contribution is 7.98. The highest BCUT2D eigenvalue weighted by Gasteiger charge is 1.96. The lowest BCUT2D eigenvalue weighted by atomic mass is 10.1. The summed E-state index contributed by atoms with van der Waals surface area (Å²) in [5.41, 5.74) is 2.90. The fraction of sp³-hybridized carbons (Fsp3) is 0.538. The molecule has 1 rings (SSSR count). The highest BCUT2D eigenvalue weighted by atomic mass is 32.2. The first-order valence-corrected chi connectivity index (χ1v) is 6.77. The summed E-state index contributed by atoms with van der Waals surface area (Å²) < 4.78 is 0. The quantitative estimate of drug-likeness (QED) is 0.712. The van der Waals surface area contributed by atoms with E-state index in [2.05, 4.69) is 36.5 Å². The van der Waals surface area contributed by atoms with E-state index in [-0.39, 0.29) is 0 Å². The second-order valence-corrected chi connectivity index (χ2v) is 4.89. The van der Waals surface area contributed by atoms with Gasteiger partial charge in [-0.15, -0.1) is 0 Å². The van der Waals surface area contributed by atoms with Crippen molar-refractivity contribution in [2.75, 3.05) is 19.3 Å². The Morgan fingerprint density at radius 1 is 1.20 bits per heavy atom. The lowest BCUT2D eigenvalue weighted by Crippen LogP contribution is -2.07. The van der Waals surface area contributed by atoms with E-state index in [9.17, 15) is 0 Å². The second-order valence-electron chi connectivity index (χ2n) is 3.79.